The molecule has 1 unspecified atom stereocenters. The molecule has 94 valence electrons. The van der Waals surface area contributed by atoms with E-state index in [1.165, 1.54) is 11.1 Å². The van der Waals surface area contributed by atoms with Gasteiger partial charge >= 0.3 is 0 Å². The Bertz CT molecular complexity index is 612. The van der Waals surface area contributed by atoms with Crippen LogP contribution in [-0.4, -0.2) is 10.7 Å². The lowest BCUT2D eigenvalue weighted by Gasteiger charge is -2.19. The highest BCUT2D eigenvalue weighted by molar-refractivity contribution is 6.08. The predicted molar refractivity (Wildman–Crippen MR) is 78.3 cm³/mol. The van der Waals surface area contributed by atoms with E-state index < -0.39 is 0 Å². The second-order valence-electron chi connectivity index (χ2n) is 4.85. The van der Waals surface area contributed by atoms with Gasteiger partial charge in [-0.2, -0.15) is 0 Å². The Morgan fingerprint density at radius 1 is 1.00 bits per heavy atom. The topological polar surface area (TPSA) is 25.2 Å². The number of rotatable bonds is 2. The van der Waals surface area contributed by atoms with E-state index in [1.807, 2.05) is 30.5 Å². The summed E-state index contributed by atoms with van der Waals surface area (Å²) in [5.74, 6) is 0. The Kier molecular flexibility index (Phi) is 3.23. The summed E-state index contributed by atoms with van der Waals surface area (Å²) in [6, 6.07) is 16.6. The van der Waals surface area contributed by atoms with Gasteiger partial charge in [0.2, 0.25) is 0 Å². The summed E-state index contributed by atoms with van der Waals surface area (Å²) in [7, 11) is 0. The van der Waals surface area contributed by atoms with E-state index >= 15 is 0 Å². The van der Waals surface area contributed by atoms with E-state index in [4.69, 9.17) is 4.99 Å². The van der Waals surface area contributed by atoms with Crippen molar-refractivity contribution in [2.75, 3.05) is 0 Å². The molecule has 2 heterocycles. The Morgan fingerprint density at radius 3 is 2.53 bits per heavy atom. The minimum Gasteiger partial charge on any atom is -0.275 e. The predicted octanol–water partition coefficient (Wildman–Crippen LogP) is 3.96. The van der Waals surface area contributed by atoms with Crippen molar-refractivity contribution in [2.24, 2.45) is 4.99 Å². The van der Waals surface area contributed by atoms with Crippen molar-refractivity contribution in [3.63, 3.8) is 0 Å². The van der Waals surface area contributed by atoms with Crippen LogP contribution in [0.3, 0.4) is 0 Å². The highest BCUT2D eigenvalue weighted by atomic mass is 14.8. The van der Waals surface area contributed by atoms with E-state index in [0.717, 1.165) is 17.8 Å². The molecule has 1 aliphatic heterocycles. The van der Waals surface area contributed by atoms with Gasteiger partial charge in [0.1, 0.15) is 0 Å². The van der Waals surface area contributed by atoms with Crippen LogP contribution in [-0.2, 0) is 0 Å². The number of aromatic nitrogens is 1. The molecule has 0 radical (unpaired) electrons. The lowest BCUT2D eigenvalue weighted by molar-refractivity contribution is 0.709. The highest BCUT2D eigenvalue weighted by Gasteiger charge is 2.17. The van der Waals surface area contributed by atoms with Gasteiger partial charge in [0.25, 0.3) is 0 Å². The maximum atomic E-state index is 4.85. The fraction of sp³-hybridized carbons (Fsp3) is 0.176. The largest absolute Gasteiger partial charge is 0.275 e. The SMILES string of the molecule is CC1=CC(c2ccccn2)=NC(c2ccccc2)C1. The zero-order chi connectivity index (χ0) is 13.1. The van der Waals surface area contributed by atoms with Crippen molar-refractivity contribution in [3.8, 4) is 0 Å². The molecule has 0 saturated heterocycles. The molecule has 1 aromatic carbocycles. The van der Waals surface area contributed by atoms with Crippen LogP contribution in [0.25, 0.3) is 0 Å². The van der Waals surface area contributed by atoms with Gasteiger partial charge in [0, 0.05) is 6.20 Å². The molecule has 0 bridgehead atoms. The van der Waals surface area contributed by atoms with Crippen LogP contribution in [0.5, 0.6) is 0 Å². The summed E-state index contributed by atoms with van der Waals surface area (Å²) >= 11 is 0. The number of hydrogen-bond donors (Lipinski definition) is 0. The maximum Gasteiger partial charge on any atom is 0.0881 e. The van der Waals surface area contributed by atoms with Gasteiger partial charge in [-0.1, -0.05) is 42.0 Å². The molecular weight excluding hydrogens is 232 g/mol. The highest BCUT2D eigenvalue weighted by Crippen LogP contribution is 2.29. The molecule has 3 rings (SSSR count). The normalized spacial score (nSPS) is 18.7. The molecule has 19 heavy (non-hydrogen) atoms. The van der Waals surface area contributed by atoms with Crippen LogP contribution in [0.4, 0.5) is 0 Å². The Balaban J connectivity index is 1.98. The van der Waals surface area contributed by atoms with Crippen LogP contribution in [0.15, 0.2) is 71.4 Å². The minimum absolute atomic E-state index is 0.211. The second-order valence-corrected chi connectivity index (χ2v) is 4.85. The molecule has 1 atom stereocenters. The molecular formula is C17H16N2. The van der Waals surface area contributed by atoms with Gasteiger partial charge in [0.15, 0.2) is 0 Å². The van der Waals surface area contributed by atoms with E-state index in [9.17, 15) is 0 Å². The van der Waals surface area contributed by atoms with E-state index in [1.54, 1.807) is 0 Å². The first-order chi connectivity index (χ1) is 9.33. The number of pyridine rings is 1. The first-order valence-electron chi connectivity index (χ1n) is 6.54. The first-order valence-corrected chi connectivity index (χ1v) is 6.54. The standard InChI is InChI=1S/C17H16N2/c1-13-11-16(14-7-3-2-4-8-14)19-17(12-13)15-9-5-6-10-18-15/h2-10,12,16H,11H2,1H3. The number of nitrogens with zero attached hydrogens (tertiary/aromatic N) is 2. The van der Waals surface area contributed by atoms with Crippen LogP contribution >= 0.6 is 0 Å². The summed E-state index contributed by atoms with van der Waals surface area (Å²) in [6.45, 7) is 2.16. The molecule has 2 aromatic rings. The quantitative estimate of drug-likeness (QED) is 0.789. The maximum absolute atomic E-state index is 4.85. The van der Waals surface area contributed by atoms with Crippen LogP contribution in [0, 0.1) is 0 Å². The Hall–Kier alpha value is -2.22. The number of aliphatic imine (C=N–C) groups is 1. The molecule has 1 aliphatic rings. The third-order valence-corrected chi connectivity index (χ3v) is 3.31. The van der Waals surface area contributed by atoms with Gasteiger partial charge in [-0.05, 0) is 37.1 Å². The zero-order valence-corrected chi connectivity index (χ0v) is 11.0. The van der Waals surface area contributed by atoms with Gasteiger partial charge in [-0.15, -0.1) is 0 Å². The van der Waals surface area contributed by atoms with Crippen molar-refractivity contribution < 1.29 is 0 Å². The second kappa shape index (κ2) is 5.19. The van der Waals surface area contributed by atoms with Crippen molar-refractivity contribution in [3.05, 3.63) is 77.6 Å². The summed E-state index contributed by atoms with van der Waals surface area (Å²) < 4.78 is 0. The third kappa shape index (κ3) is 2.63. The number of allylic oxidation sites excluding steroid dienone is 1. The smallest absolute Gasteiger partial charge is 0.0881 e. The molecule has 0 spiro atoms. The number of hydrogen-bond acceptors (Lipinski definition) is 2. The number of dihydropyridines is 1. The minimum atomic E-state index is 0.211. The van der Waals surface area contributed by atoms with Gasteiger partial charge in [-0.25, -0.2) is 0 Å². The number of benzene rings is 1. The van der Waals surface area contributed by atoms with Crippen LogP contribution in [0.1, 0.15) is 30.6 Å². The molecule has 0 amide bonds. The monoisotopic (exact) mass is 248 g/mol. The van der Waals surface area contributed by atoms with E-state index in [0.29, 0.717) is 0 Å². The van der Waals surface area contributed by atoms with Gasteiger partial charge in [0.05, 0.1) is 17.4 Å². The average molecular weight is 248 g/mol. The van der Waals surface area contributed by atoms with E-state index in [2.05, 4.69) is 42.2 Å². The average Bonchev–Trinajstić information content (AvgIpc) is 2.48. The van der Waals surface area contributed by atoms with Crippen molar-refractivity contribution in [1.29, 1.82) is 0 Å². The molecule has 0 fully saturated rings. The third-order valence-electron chi connectivity index (χ3n) is 3.31. The lowest BCUT2D eigenvalue weighted by Crippen LogP contribution is -2.10. The van der Waals surface area contributed by atoms with Crippen molar-refractivity contribution in [2.45, 2.75) is 19.4 Å². The fourth-order valence-corrected chi connectivity index (χ4v) is 2.37. The summed E-state index contributed by atoms with van der Waals surface area (Å²) in [4.78, 5) is 9.24. The van der Waals surface area contributed by atoms with Crippen LogP contribution in [0.2, 0.25) is 0 Å². The molecule has 1 aromatic heterocycles. The zero-order valence-electron chi connectivity index (χ0n) is 11.0. The molecule has 0 saturated carbocycles. The molecule has 2 nitrogen and oxygen atoms in total. The van der Waals surface area contributed by atoms with Crippen LogP contribution < -0.4 is 0 Å². The van der Waals surface area contributed by atoms with Crippen molar-refractivity contribution in [1.82, 2.24) is 4.98 Å². The fourth-order valence-electron chi connectivity index (χ4n) is 2.37. The van der Waals surface area contributed by atoms with Gasteiger partial charge in [-0.3, -0.25) is 9.98 Å². The van der Waals surface area contributed by atoms with Crippen molar-refractivity contribution >= 4 is 5.71 Å². The first kappa shape index (κ1) is 11.8. The Morgan fingerprint density at radius 2 is 1.79 bits per heavy atom. The summed E-state index contributed by atoms with van der Waals surface area (Å²) in [5.41, 5.74) is 4.55. The molecule has 0 aliphatic carbocycles. The van der Waals surface area contributed by atoms with Gasteiger partial charge < -0.3 is 0 Å². The lowest BCUT2D eigenvalue weighted by atomic mass is 9.95. The summed E-state index contributed by atoms with van der Waals surface area (Å²) in [5, 5.41) is 0. The van der Waals surface area contributed by atoms with E-state index in [-0.39, 0.29) is 6.04 Å². The molecule has 0 N–H and O–H groups in total. The molecule has 2 heteroatoms. The Labute approximate surface area is 113 Å². The summed E-state index contributed by atoms with van der Waals surface area (Å²) in [6.07, 6.45) is 4.94.